The highest BCUT2D eigenvalue weighted by Gasteiger charge is 2.17. The number of carbonyl (C=O) groups is 1. The van der Waals surface area contributed by atoms with Gasteiger partial charge in [-0.2, -0.15) is 4.37 Å². The van der Waals surface area contributed by atoms with Gasteiger partial charge in [-0.15, -0.1) is 0 Å². The van der Waals surface area contributed by atoms with E-state index >= 15 is 0 Å². The number of halogens is 2. The number of carbonyl (C=O) groups excluding carboxylic acids is 1. The van der Waals surface area contributed by atoms with Gasteiger partial charge in [-0.3, -0.25) is 4.79 Å². The summed E-state index contributed by atoms with van der Waals surface area (Å²) in [5.74, 6) is 0.843. The normalized spacial score (nSPS) is 10.9. The fraction of sp³-hybridized carbons (Fsp3) is 0.400. The highest BCUT2D eigenvalue weighted by atomic mass is 35.5. The van der Waals surface area contributed by atoms with Crippen molar-refractivity contribution in [2.75, 3.05) is 23.3 Å². The molecule has 0 bridgehead atoms. The number of nitrogens with zero attached hydrogens (tertiary/aromatic N) is 3. The molecule has 0 aliphatic carbocycles. The van der Waals surface area contributed by atoms with E-state index in [0.717, 1.165) is 11.0 Å². The Morgan fingerprint density at radius 3 is 2.52 bits per heavy atom. The molecule has 23 heavy (non-hydrogen) atoms. The van der Waals surface area contributed by atoms with E-state index in [4.69, 9.17) is 23.2 Å². The molecule has 124 valence electrons. The highest BCUT2D eigenvalue weighted by molar-refractivity contribution is 7.09. The summed E-state index contributed by atoms with van der Waals surface area (Å²) in [5.41, 5.74) is 0.428. The van der Waals surface area contributed by atoms with Crippen LogP contribution in [0.3, 0.4) is 0 Å². The molecule has 0 spiro atoms. The lowest BCUT2D eigenvalue weighted by Gasteiger charge is -2.19. The highest BCUT2D eigenvalue weighted by Crippen LogP contribution is 2.30. The number of hydrogen-bond donors (Lipinski definition) is 1. The van der Waals surface area contributed by atoms with Gasteiger partial charge in [0.05, 0.1) is 22.3 Å². The van der Waals surface area contributed by atoms with Crippen LogP contribution in [0.25, 0.3) is 0 Å². The third kappa shape index (κ3) is 4.56. The number of benzene rings is 1. The Morgan fingerprint density at radius 2 is 2.00 bits per heavy atom. The number of para-hydroxylation sites is 1. The standard InChI is InChI=1S/C15H18Cl2N4OS/c1-4-21(15-19-14(9(2)3)20-23-15)8-12(22)18-13-10(16)6-5-7-11(13)17/h5-7,9H,4,8H2,1-3H3,(H,18,22). The van der Waals surface area contributed by atoms with Gasteiger partial charge in [-0.1, -0.05) is 43.1 Å². The molecular weight excluding hydrogens is 355 g/mol. The number of rotatable bonds is 6. The first-order chi connectivity index (χ1) is 10.9. The van der Waals surface area contributed by atoms with E-state index < -0.39 is 0 Å². The molecule has 0 saturated carbocycles. The number of hydrogen-bond acceptors (Lipinski definition) is 5. The lowest BCUT2D eigenvalue weighted by Crippen LogP contribution is -2.33. The zero-order valence-corrected chi connectivity index (χ0v) is 15.5. The van der Waals surface area contributed by atoms with Gasteiger partial charge in [-0.25, -0.2) is 4.98 Å². The van der Waals surface area contributed by atoms with Crippen molar-refractivity contribution < 1.29 is 4.79 Å². The SMILES string of the molecule is CCN(CC(=O)Nc1c(Cl)cccc1Cl)c1nc(C(C)C)ns1. The smallest absolute Gasteiger partial charge is 0.244 e. The minimum atomic E-state index is -0.205. The van der Waals surface area contributed by atoms with Gasteiger partial charge in [0.25, 0.3) is 0 Å². The monoisotopic (exact) mass is 372 g/mol. The molecule has 2 aromatic rings. The Hall–Kier alpha value is -1.37. The second-order valence-corrected chi connectivity index (χ2v) is 6.79. The molecule has 1 heterocycles. The minimum absolute atomic E-state index is 0.158. The lowest BCUT2D eigenvalue weighted by atomic mass is 10.2. The topological polar surface area (TPSA) is 58.1 Å². The van der Waals surface area contributed by atoms with E-state index in [-0.39, 0.29) is 18.4 Å². The molecule has 0 unspecified atom stereocenters. The second kappa shape index (κ2) is 7.95. The van der Waals surface area contributed by atoms with E-state index in [1.165, 1.54) is 11.5 Å². The zero-order valence-electron chi connectivity index (χ0n) is 13.1. The van der Waals surface area contributed by atoms with Crippen molar-refractivity contribution in [1.82, 2.24) is 9.36 Å². The lowest BCUT2D eigenvalue weighted by molar-refractivity contribution is -0.115. The summed E-state index contributed by atoms with van der Waals surface area (Å²) in [6.45, 7) is 6.84. The summed E-state index contributed by atoms with van der Waals surface area (Å²) in [6.07, 6.45) is 0. The van der Waals surface area contributed by atoms with Crippen molar-refractivity contribution in [3.8, 4) is 0 Å². The molecule has 1 aromatic carbocycles. The molecule has 0 saturated heterocycles. The third-order valence-corrected chi connectivity index (χ3v) is 4.58. The maximum absolute atomic E-state index is 12.3. The van der Waals surface area contributed by atoms with Crippen LogP contribution in [0.2, 0.25) is 10.0 Å². The molecule has 1 aromatic heterocycles. The fourth-order valence-corrected chi connectivity index (χ4v) is 3.24. The van der Waals surface area contributed by atoms with Crippen molar-refractivity contribution >= 4 is 51.5 Å². The Kier molecular flexibility index (Phi) is 6.21. The zero-order chi connectivity index (χ0) is 17.0. The fourth-order valence-electron chi connectivity index (χ4n) is 1.87. The Labute approximate surface area is 149 Å². The number of amides is 1. The van der Waals surface area contributed by atoms with Crippen molar-refractivity contribution in [2.24, 2.45) is 0 Å². The molecular formula is C15H18Cl2N4OS. The molecule has 2 rings (SSSR count). The van der Waals surface area contributed by atoms with Crippen LogP contribution in [0, 0.1) is 0 Å². The number of likely N-dealkylation sites (N-methyl/N-ethyl adjacent to an activating group) is 1. The van der Waals surface area contributed by atoms with Crippen molar-refractivity contribution in [3.63, 3.8) is 0 Å². The first kappa shape index (κ1) is 18.0. The average Bonchev–Trinajstić information content (AvgIpc) is 2.98. The predicted molar refractivity (Wildman–Crippen MR) is 97.0 cm³/mol. The summed E-state index contributed by atoms with van der Waals surface area (Å²) in [7, 11) is 0. The molecule has 1 amide bonds. The van der Waals surface area contributed by atoms with Crippen molar-refractivity contribution in [3.05, 3.63) is 34.1 Å². The van der Waals surface area contributed by atoms with Crippen LogP contribution < -0.4 is 10.2 Å². The van der Waals surface area contributed by atoms with Crippen molar-refractivity contribution in [1.29, 1.82) is 0 Å². The van der Waals surface area contributed by atoms with Crippen LogP contribution in [0.5, 0.6) is 0 Å². The van der Waals surface area contributed by atoms with Gasteiger partial charge >= 0.3 is 0 Å². The first-order valence-electron chi connectivity index (χ1n) is 7.24. The van der Waals surface area contributed by atoms with E-state index in [2.05, 4.69) is 14.7 Å². The maximum atomic E-state index is 12.3. The van der Waals surface area contributed by atoms with Gasteiger partial charge in [0.15, 0.2) is 0 Å². The van der Waals surface area contributed by atoms with E-state index in [0.29, 0.717) is 22.3 Å². The molecule has 5 nitrogen and oxygen atoms in total. The Bertz CT molecular complexity index is 670. The maximum Gasteiger partial charge on any atom is 0.244 e. The van der Waals surface area contributed by atoms with E-state index in [9.17, 15) is 4.79 Å². The Morgan fingerprint density at radius 1 is 1.35 bits per heavy atom. The summed E-state index contributed by atoms with van der Waals surface area (Å²) in [6, 6.07) is 5.09. The van der Waals surface area contributed by atoms with Gasteiger partial charge < -0.3 is 10.2 Å². The summed E-state index contributed by atoms with van der Waals surface area (Å²) in [4.78, 5) is 18.6. The van der Waals surface area contributed by atoms with Gasteiger partial charge in [-0.05, 0) is 19.1 Å². The molecule has 0 aliphatic rings. The number of nitrogens with one attached hydrogen (secondary N) is 1. The summed E-state index contributed by atoms with van der Waals surface area (Å²) < 4.78 is 4.32. The minimum Gasteiger partial charge on any atom is -0.338 e. The molecule has 0 atom stereocenters. The van der Waals surface area contributed by atoms with Crippen LogP contribution in [-0.2, 0) is 4.79 Å². The molecule has 0 fully saturated rings. The molecule has 0 aliphatic heterocycles. The average molecular weight is 373 g/mol. The third-order valence-electron chi connectivity index (χ3n) is 3.16. The van der Waals surface area contributed by atoms with E-state index in [1.807, 2.05) is 25.7 Å². The van der Waals surface area contributed by atoms with Gasteiger partial charge in [0.1, 0.15) is 5.82 Å². The van der Waals surface area contributed by atoms with E-state index in [1.54, 1.807) is 18.2 Å². The molecule has 8 heteroatoms. The van der Waals surface area contributed by atoms with Crippen LogP contribution >= 0.6 is 34.7 Å². The predicted octanol–water partition coefficient (Wildman–Crippen LogP) is 4.43. The van der Waals surface area contributed by atoms with Gasteiger partial charge in [0, 0.05) is 24.0 Å². The second-order valence-electron chi connectivity index (χ2n) is 5.25. The van der Waals surface area contributed by atoms with Crippen LogP contribution in [0.1, 0.15) is 32.5 Å². The number of aromatic nitrogens is 2. The van der Waals surface area contributed by atoms with Gasteiger partial charge in [0.2, 0.25) is 11.0 Å². The quantitative estimate of drug-likeness (QED) is 0.814. The largest absolute Gasteiger partial charge is 0.338 e. The first-order valence-corrected chi connectivity index (χ1v) is 8.77. The summed E-state index contributed by atoms with van der Waals surface area (Å²) in [5, 5.41) is 4.31. The number of anilines is 2. The van der Waals surface area contributed by atoms with Crippen molar-refractivity contribution in [2.45, 2.75) is 26.7 Å². The van der Waals surface area contributed by atoms with Crippen LogP contribution in [0.4, 0.5) is 10.8 Å². The van der Waals surface area contributed by atoms with Crippen LogP contribution in [-0.4, -0.2) is 28.4 Å². The Balaban J connectivity index is 2.07. The molecule has 0 radical (unpaired) electrons. The summed E-state index contributed by atoms with van der Waals surface area (Å²) >= 11 is 13.4. The van der Waals surface area contributed by atoms with Crippen LogP contribution in [0.15, 0.2) is 18.2 Å². The molecule has 1 N–H and O–H groups in total.